The van der Waals surface area contributed by atoms with E-state index in [-0.39, 0.29) is 12.5 Å². The molecular weight excluding hydrogens is 357 g/mol. The Bertz CT molecular complexity index is 905. The van der Waals surface area contributed by atoms with Crippen molar-refractivity contribution < 1.29 is 4.79 Å². The van der Waals surface area contributed by atoms with Gasteiger partial charge in [0, 0.05) is 0 Å². The van der Waals surface area contributed by atoms with Gasteiger partial charge in [-0.25, -0.2) is 4.98 Å². The van der Waals surface area contributed by atoms with Gasteiger partial charge in [0.05, 0.1) is 31.8 Å². The van der Waals surface area contributed by atoms with Crippen LogP contribution >= 0.6 is 34.8 Å². The molecule has 0 aliphatic carbocycles. The van der Waals surface area contributed by atoms with Crippen molar-refractivity contribution in [1.29, 1.82) is 0 Å². The highest BCUT2D eigenvalue weighted by Gasteiger charge is 2.13. The van der Waals surface area contributed by atoms with Crippen molar-refractivity contribution in [1.82, 2.24) is 9.55 Å². The van der Waals surface area contributed by atoms with Crippen molar-refractivity contribution in [2.24, 2.45) is 0 Å². The van der Waals surface area contributed by atoms with Crippen LogP contribution in [0.5, 0.6) is 0 Å². The van der Waals surface area contributed by atoms with Crippen molar-refractivity contribution in [3.8, 4) is 0 Å². The number of nitrogens with one attached hydrogen (secondary N) is 1. The predicted molar refractivity (Wildman–Crippen MR) is 94.6 cm³/mol. The molecule has 0 saturated heterocycles. The van der Waals surface area contributed by atoms with Gasteiger partial charge in [0.1, 0.15) is 12.4 Å². The summed E-state index contributed by atoms with van der Waals surface area (Å²) in [5.41, 5.74) is 2.18. The Morgan fingerprint density at radius 3 is 2.61 bits per heavy atom. The summed E-state index contributed by atoms with van der Waals surface area (Å²) in [5.74, 6) is 0.540. The number of halogens is 3. The minimum Gasteiger partial charge on any atom is -0.323 e. The van der Waals surface area contributed by atoms with E-state index in [1.165, 1.54) is 12.1 Å². The minimum atomic E-state index is -0.225. The number of rotatable bonds is 3. The second-order valence-corrected chi connectivity index (χ2v) is 6.25. The van der Waals surface area contributed by atoms with E-state index >= 15 is 0 Å². The van der Waals surface area contributed by atoms with Gasteiger partial charge < -0.3 is 9.88 Å². The standard InChI is InChI=1S/C16H12Cl3N3O/c1-9-20-13-4-2-3-5-15(13)22(9)8-16(23)21-14-7-11(18)10(17)6-12(14)19/h2-7H,8H2,1H3,(H,21,23). The summed E-state index contributed by atoms with van der Waals surface area (Å²) >= 11 is 17.9. The maximum atomic E-state index is 12.3. The maximum Gasteiger partial charge on any atom is 0.244 e. The van der Waals surface area contributed by atoms with Crippen LogP contribution in [-0.4, -0.2) is 15.5 Å². The van der Waals surface area contributed by atoms with Gasteiger partial charge in [-0.05, 0) is 31.2 Å². The van der Waals surface area contributed by atoms with Gasteiger partial charge in [0.25, 0.3) is 0 Å². The molecule has 0 bridgehead atoms. The molecule has 23 heavy (non-hydrogen) atoms. The third-order valence-corrected chi connectivity index (χ3v) is 4.47. The van der Waals surface area contributed by atoms with Crippen LogP contribution in [0.15, 0.2) is 36.4 Å². The Hall–Kier alpha value is -1.75. The molecule has 2 aromatic carbocycles. The highest BCUT2D eigenvalue weighted by molar-refractivity contribution is 6.44. The first-order chi connectivity index (χ1) is 11.0. The lowest BCUT2D eigenvalue weighted by Crippen LogP contribution is -2.19. The Morgan fingerprint density at radius 1 is 1.13 bits per heavy atom. The zero-order valence-corrected chi connectivity index (χ0v) is 14.4. The third kappa shape index (κ3) is 3.29. The number of amides is 1. The molecule has 0 fully saturated rings. The number of hydrogen-bond donors (Lipinski definition) is 1. The predicted octanol–water partition coefficient (Wildman–Crippen LogP) is 4.94. The van der Waals surface area contributed by atoms with Crippen molar-refractivity contribution in [2.45, 2.75) is 13.5 Å². The molecule has 1 aromatic heterocycles. The molecule has 7 heteroatoms. The molecule has 0 spiro atoms. The average molecular weight is 369 g/mol. The van der Waals surface area contributed by atoms with Crippen LogP contribution in [0.1, 0.15) is 5.82 Å². The molecule has 0 aliphatic heterocycles. The van der Waals surface area contributed by atoms with Gasteiger partial charge in [-0.3, -0.25) is 4.79 Å². The van der Waals surface area contributed by atoms with E-state index in [1.54, 1.807) is 0 Å². The van der Waals surface area contributed by atoms with Crippen molar-refractivity contribution in [3.05, 3.63) is 57.3 Å². The molecule has 3 aromatic rings. The maximum absolute atomic E-state index is 12.3. The molecule has 4 nitrogen and oxygen atoms in total. The highest BCUT2D eigenvalue weighted by Crippen LogP contribution is 2.32. The van der Waals surface area contributed by atoms with Crippen LogP contribution in [0, 0.1) is 6.92 Å². The molecule has 1 amide bonds. The molecule has 0 aliphatic rings. The first-order valence-corrected chi connectivity index (χ1v) is 7.95. The number of hydrogen-bond acceptors (Lipinski definition) is 2. The van der Waals surface area contributed by atoms with Crippen molar-refractivity contribution in [2.75, 3.05) is 5.32 Å². The Morgan fingerprint density at radius 2 is 1.83 bits per heavy atom. The van der Waals surface area contributed by atoms with Gasteiger partial charge in [-0.2, -0.15) is 0 Å². The number of imidazole rings is 1. The lowest BCUT2D eigenvalue weighted by molar-refractivity contribution is -0.116. The van der Waals surface area contributed by atoms with E-state index in [9.17, 15) is 4.79 Å². The second-order valence-electron chi connectivity index (χ2n) is 5.03. The topological polar surface area (TPSA) is 46.9 Å². The fourth-order valence-electron chi connectivity index (χ4n) is 2.35. The van der Waals surface area contributed by atoms with Crippen LogP contribution in [0.2, 0.25) is 15.1 Å². The zero-order valence-electron chi connectivity index (χ0n) is 12.1. The normalized spacial score (nSPS) is 11.0. The summed E-state index contributed by atoms with van der Waals surface area (Å²) in [5, 5.41) is 3.75. The van der Waals surface area contributed by atoms with Gasteiger partial charge in [-0.1, -0.05) is 46.9 Å². The lowest BCUT2D eigenvalue weighted by Gasteiger charge is -2.10. The van der Waals surface area contributed by atoms with Gasteiger partial charge >= 0.3 is 0 Å². The third-order valence-electron chi connectivity index (χ3n) is 3.43. The number of carbonyl (C=O) groups excluding carboxylic acids is 1. The monoisotopic (exact) mass is 367 g/mol. The first-order valence-electron chi connectivity index (χ1n) is 6.82. The number of carbonyl (C=O) groups is 1. The molecule has 118 valence electrons. The van der Waals surface area contributed by atoms with Crippen molar-refractivity contribution in [3.63, 3.8) is 0 Å². The number of benzene rings is 2. The number of nitrogens with zero attached hydrogens (tertiary/aromatic N) is 2. The number of fused-ring (bicyclic) bond motifs is 1. The van der Waals surface area contributed by atoms with E-state index in [1.807, 2.05) is 35.8 Å². The summed E-state index contributed by atoms with van der Waals surface area (Å²) in [6, 6.07) is 10.7. The quantitative estimate of drug-likeness (QED) is 0.665. The first kappa shape index (κ1) is 16.1. The van der Waals surface area contributed by atoms with E-state index in [4.69, 9.17) is 34.8 Å². The number of aryl methyl sites for hydroxylation is 1. The van der Waals surface area contributed by atoms with Gasteiger partial charge in [0.2, 0.25) is 5.91 Å². The summed E-state index contributed by atoms with van der Waals surface area (Å²) < 4.78 is 1.84. The zero-order chi connectivity index (χ0) is 16.6. The highest BCUT2D eigenvalue weighted by atomic mass is 35.5. The van der Waals surface area contributed by atoms with Crippen LogP contribution in [-0.2, 0) is 11.3 Å². The fraction of sp³-hybridized carbons (Fsp3) is 0.125. The number of anilines is 1. The van der Waals surface area contributed by atoms with Crippen LogP contribution < -0.4 is 5.32 Å². The Kier molecular flexibility index (Phi) is 4.48. The summed E-state index contributed by atoms with van der Waals surface area (Å²) in [6.07, 6.45) is 0. The van der Waals surface area contributed by atoms with Gasteiger partial charge in [0.15, 0.2) is 0 Å². The van der Waals surface area contributed by atoms with E-state index in [0.717, 1.165) is 16.9 Å². The molecule has 3 rings (SSSR count). The molecule has 0 radical (unpaired) electrons. The molecule has 0 atom stereocenters. The summed E-state index contributed by atoms with van der Waals surface area (Å²) in [7, 11) is 0. The van der Waals surface area contributed by atoms with E-state index in [0.29, 0.717) is 20.8 Å². The van der Waals surface area contributed by atoms with Crippen LogP contribution in [0.25, 0.3) is 11.0 Å². The lowest BCUT2D eigenvalue weighted by atomic mass is 10.3. The Balaban J connectivity index is 1.84. The number of para-hydroxylation sites is 2. The van der Waals surface area contributed by atoms with Gasteiger partial charge in [-0.15, -0.1) is 0 Å². The van der Waals surface area contributed by atoms with E-state index in [2.05, 4.69) is 10.3 Å². The van der Waals surface area contributed by atoms with Crippen LogP contribution in [0.3, 0.4) is 0 Å². The SMILES string of the molecule is Cc1nc2ccccc2n1CC(=O)Nc1cc(Cl)c(Cl)cc1Cl. The summed E-state index contributed by atoms with van der Waals surface area (Å²) in [4.78, 5) is 16.8. The smallest absolute Gasteiger partial charge is 0.244 e. The summed E-state index contributed by atoms with van der Waals surface area (Å²) in [6.45, 7) is 1.99. The fourth-order valence-corrected chi connectivity index (χ4v) is 2.94. The molecule has 0 saturated carbocycles. The molecular formula is C16H12Cl3N3O. The van der Waals surface area contributed by atoms with Crippen LogP contribution in [0.4, 0.5) is 5.69 Å². The van der Waals surface area contributed by atoms with E-state index < -0.39 is 0 Å². The average Bonchev–Trinajstić information content (AvgIpc) is 2.81. The molecule has 1 heterocycles. The second kappa shape index (κ2) is 6.40. The largest absolute Gasteiger partial charge is 0.323 e. The number of aromatic nitrogens is 2. The Labute approximate surface area is 148 Å². The molecule has 1 N–H and O–H groups in total. The minimum absolute atomic E-state index is 0.128. The molecule has 0 unspecified atom stereocenters. The van der Waals surface area contributed by atoms with Crippen molar-refractivity contribution >= 4 is 57.4 Å².